The lowest BCUT2D eigenvalue weighted by molar-refractivity contribution is -0.129. The molecule has 3 amide bonds. The van der Waals surface area contributed by atoms with E-state index < -0.39 is 29.5 Å². The highest BCUT2D eigenvalue weighted by Crippen LogP contribution is 2.44. The van der Waals surface area contributed by atoms with Crippen molar-refractivity contribution >= 4 is 17.9 Å². The fourth-order valence-electron chi connectivity index (χ4n) is 7.52. The van der Waals surface area contributed by atoms with Crippen LogP contribution in [0.3, 0.4) is 0 Å². The van der Waals surface area contributed by atoms with E-state index in [0.717, 1.165) is 38.9 Å². The Labute approximate surface area is 326 Å². The number of nitrogens with one attached hydrogen (secondary N) is 3. The summed E-state index contributed by atoms with van der Waals surface area (Å²) in [6, 6.07) is 49.1. The lowest BCUT2D eigenvalue weighted by Gasteiger charge is -2.37. The van der Waals surface area contributed by atoms with Crippen molar-refractivity contribution in [3.05, 3.63) is 191 Å². The number of amides is 3. The lowest BCUT2D eigenvalue weighted by atomic mass is 9.77. The zero-order valence-electron chi connectivity index (χ0n) is 31.2. The topological polar surface area (TPSA) is 115 Å². The van der Waals surface area contributed by atoms with Gasteiger partial charge >= 0.3 is 6.09 Å². The molecular weight excluding hydrogens is 703 g/mol. The smallest absolute Gasteiger partial charge is 0.407 e. The van der Waals surface area contributed by atoms with E-state index in [0.29, 0.717) is 17.1 Å². The number of carbonyl (C=O) groups excluding carboxylic acids is 3. The van der Waals surface area contributed by atoms with Gasteiger partial charge in [0.05, 0.1) is 20.6 Å². The number of benzene rings is 6. The SMILES string of the molecule is COc1ccc(CNC(=O)C(CC(=O)NC(c2ccccc2)(c2ccccc2)c2ccccc2)NC(=O)OCC2c3ccccc3-c3ccccc32)c(OC)c1. The standard InChI is InChI=1S/C47H43N3O6/c1-54-36-27-26-32(43(28-36)55-2)30-48-45(52)42(49-46(53)56-31-41-39-24-14-12-22-37(39)38-23-13-15-25-40(38)41)29-44(51)50-47(33-16-6-3-7-17-33,34-18-8-4-9-19-34)35-20-10-5-11-21-35/h3-28,41-42H,29-31H2,1-2H3,(H,48,52)(H,49,53)(H,50,51). The molecule has 0 fully saturated rings. The number of alkyl carbamates (subject to hydrolysis) is 1. The third kappa shape index (κ3) is 7.84. The van der Waals surface area contributed by atoms with Gasteiger partial charge in [-0.3, -0.25) is 9.59 Å². The number of fused-ring (bicyclic) bond motifs is 3. The molecule has 1 atom stereocenters. The van der Waals surface area contributed by atoms with E-state index in [1.807, 2.05) is 127 Å². The normalized spacial score (nSPS) is 12.4. The molecule has 3 N–H and O–H groups in total. The Bertz CT molecular complexity index is 2160. The molecule has 0 radical (unpaired) electrons. The minimum atomic E-state index is -1.30. The molecule has 0 spiro atoms. The Morgan fingerprint density at radius 1 is 0.643 bits per heavy atom. The number of carbonyl (C=O) groups is 3. The molecule has 0 bridgehead atoms. The zero-order chi connectivity index (χ0) is 38.9. The first kappa shape index (κ1) is 37.4. The summed E-state index contributed by atoms with van der Waals surface area (Å²) in [5, 5.41) is 8.91. The number of hydrogen-bond donors (Lipinski definition) is 3. The van der Waals surface area contributed by atoms with E-state index in [2.05, 4.69) is 28.1 Å². The largest absolute Gasteiger partial charge is 0.497 e. The van der Waals surface area contributed by atoms with Crippen molar-refractivity contribution in [1.82, 2.24) is 16.0 Å². The first-order valence-electron chi connectivity index (χ1n) is 18.5. The zero-order valence-corrected chi connectivity index (χ0v) is 31.2. The molecule has 9 heteroatoms. The minimum Gasteiger partial charge on any atom is -0.497 e. The van der Waals surface area contributed by atoms with Crippen LogP contribution in [0.15, 0.2) is 158 Å². The average Bonchev–Trinajstić information content (AvgIpc) is 3.58. The summed E-state index contributed by atoms with van der Waals surface area (Å²) in [6.07, 6.45) is -1.20. The molecule has 6 aromatic rings. The van der Waals surface area contributed by atoms with Crippen LogP contribution >= 0.6 is 0 Å². The Kier molecular flexibility index (Phi) is 11.4. The van der Waals surface area contributed by atoms with Crippen molar-refractivity contribution in [1.29, 1.82) is 0 Å². The van der Waals surface area contributed by atoms with Crippen LogP contribution in [0.5, 0.6) is 11.5 Å². The van der Waals surface area contributed by atoms with Crippen molar-refractivity contribution in [2.24, 2.45) is 0 Å². The highest BCUT2D eigenvalue weighted by atomic mass is 16.5. The second kappa shape index (κ2) is 17.1. The van der Waals surface area contributed by atoms with Crippen LogP contribution in [0.2, 0.25) is 0 Å². The molecule has 1 aliphatic carbocycles. The number of ether oxygens (including phenoxy) is 3. The summed E-state index contributed by atoms with van der Waals surface area (Å²) >= 11 is 0. The van der Waals surface area contributed by atoms with E-state index in [9.17, 15) is 14.4 Å². The van der Waals surface area contributed by atoms with Crippen molar-refractivity contribution in [3.63, 3.8) is 0 Å². The van der Waals surface area contributed by atoms with Crippen molar-refractivity contribution in [2.45, 2.75) is 30.5 Å². The Balaban J connectivity index is 1.16. The van der Waals surface area contributed by atoms with Crippen LogP contribution < -0.4 is 25.4 Å². The van der Waals surface area contributed by atoms with Crippen molar-refractivity contribution < 1.29 is 28.6 Å². The fraction of sp³-hybridized carbons (Fsp3) is 0.170. The van der Waals surface area contributed by atoms with Crippen molar-refractivity contribution in [3.8, 4) is 22.6 Å². The van der Waals surface area contributed by atoms with Gasteiger partial charge in [0.15, 0.2) is 0 Å². The second-order valence-corrected chi connectivity index (χ2v) is 13.5. The van der Waals surface area contributed by atoms with E-state index in [1.54, 1.807) is 25.3 Å². The van der Waals surface area contributed by atoms with E-state index >= 15 is 0 Å². The summed E-state index contributed by atoms with van der Waals surface area (Å²) in [6.45, 7) is 0.112. The van der Waals surface area contributed by atoms with Gasteiger partial charge in [-0.15, -0.1) is 0 Å². The van der Waals surface area contributed by atoms with Gasteiger partial charge in [-0.05, 0) is 51.1 Å². The third-order valence-electron chi connectivity index (χ3n) is 10.2. The van der Waals surface area contributed by atoms with Crippen LogP contribution in [0.25, 0.3) is 11.1 Å². The van der Waals surface area contributed by atoms with Crippen LogP contribution in [-0.2, 0) is 26.4 Å². The Morgan fingerprint density at radius 2 is 1.16 bits per heavy atom. The number of rotatable bonds is 14. The van der Waals surface area contributed by atoms with Gasteiger partial charge in [-0.25, -0.2) is 4.79 Å². The summed E-state index contributed by atoms with van der Waals surface area (Å²) in [4.78, 5) is 42.1. The van der Waals surface area contributed by atoms with Gasteiger partial charge in [-0.2, -0.15) is 0 Å². The van der Waals surface area contributed by atoms with Gasteiger partial charge < -0.3 is 30.2 Å². The van der Waals surface area contributed by atoms with Crippen LogP contribution in [-0.4, -0.2) is 44.8 Å². The van der Waals surface area contributed by atoms with E-state index in [4.69, 9.17) is 14.2 Å². The maximum absolute atomic E-state index is 14.4. The average molecular weight is 746 g/mol. The predicted molar refractivity (Wildman–Crippen MR) is 215 cm³/mol. The maximum Gasteiger partial charge on any atom is 0.407 e. The highest BCUT2D eigenvalue weighted by molar-refractivity contribution is 5.91. The molecule has 0 saturated carbocycles. The second-order valence-electron chi connectivity index (χ2n) is 13.5. The van der Waals surface area contributed by atoms with Crippen molar-refractivity contribution in [2.75, 3.05) is 20.8 Å². The molecule has 7 rings (SSSR count). The van der Waals surface area contributed by atoms with Gasteiger partial charge in [0.2, 0.25) is 11.8 Å². The molecule has 6 aromatic carbocycles. The summed E-state index contributed by atoms with van der Waals surface area (Å²) in [5.41, 5.74) is 6.33. The van der Waals surface area contributed by atoms with Crippen LogP contribution in [0.4, 0.5) is 4.79 Å². The molecule has 9 nitrogen and oxygen atoms in total. The van der Waals surface area contributed by atoms with E-state index in [1.165, 1.54) is 7.11 Å². The number of methoxy groups -OCH3 is 2. The first-order valence-corrected chi connectivity index (χ1v) is 18.5. The molecular formula is C47H43N3O6. The summed E-state index contributed by atoms with van der Waals surface area (Å²) < 4.78 is 16.7. The molecule has 1 aliphatic rings. The van der Waals surface area contributed by atoms with Crippen LogP contribution in [0, 0.1) is 0 Å². The fourth-order valence-corrected chi connectivity index (χ4v) is 7.52. The molecule has 0 aromatic heterocycles. The molecule has 56 heavy (non-hydrogen) atoms. The van der Waals surface area contributed by atoms with E-state index in [-0.39, 0.29) is 25.5 Å². The van der Waals surface area contributed by atoms with Crippen LogP contribution in [0.1, 0.15) is 45.7 Å². The highest BCUT2D eigenvalue weighted by Gasteiger charge is 2.39. The summed E-state index contributed by atoms with van der Waals surface area (Å²) in [5.74, 6) is -0.114. The van der Waals surface area contributed by atoms with Gasteiger partial charge in [0.25, 0.3) is 0 Å². The first-order chi connectivity index (χ1) is 27.4. The molecule has 0 heterocycles. The molecule has 1 unspecified atom stereocenters. The Morgan fingerprint density at radius 3 is 1.68 bits per heavy atom. The predicted octanol–water partition coefficient (Wildman–Crippen LogP) is 7.73. The maximum atomic E-state index is 14.4. The number of hydrogen-bond acceptors (Lipinski definition) is 6. The monoisotopic (exact) mass is 745 g/mol. The van der Waals surface area contributed by atoms with Gasteiger partial charge in [0, 0.05) is 24.1 Å². The lowest BCUT2D eigenvalue weighted by Crippen LogP contribution is -2.53. The minimum absolute atomic E-state index is 0.0442. The molecule has 0 aliphatic heterocycles. The Hall–Kier alpha value is -6.87. The molecule has 0 saturated heterocycles. The molecule has 282 valence electrons. The summed E-state index contributed by atoms with van der Waals surface area (Å²) in [7, 11) is 3.09. The van der Waals surface area contributed by atoms with Gasteiger partial charge in [-0.1, -0.05) is 140 Å². The third-order valence-corrected chi connectivity index (χ3v) is 10.2. The quantitative estimate of drug-likeness (QED) is 0.0985. The van der Waals surface area contributed by atoms with Gasteiger partial charge in [0.1, 0.15) is 29.7 Å².